The first kappa shape index (κ1) is 20.2. The second-order valence-corrected chi connectivity index (χ2v) is 7.11. The lowest BCUT2D eigenvalue weighted by Gasteiger charge is -2.07. The summed E-state index contributed by atoms with van der Waals surface area (Å²) in [5, 5.41) is 11.1. The Kier molecular flexibility index (Phi) is 5.15. The van der Waals surface area contributed by atoms with Gasteiger partial charge in [0.1, 0.15) is 11.5 Å². The van der Waals surface area contributed by atoms with Crippen LogP contribution < -0.4 is 10.9 Å². The molecule has 0 fully saturated rings. The van der Waals surface area contributed by atoms with Gasteiger partial charge in [-0.1, -0.05) is 42.4 Å². The average molecular weight is 442 g/mol. The lowest BCUT2D eigenvalue weighted by molar-refractivity contribution is 0.101. The third-order valence-electron chi connectivity index (χ3n) is 4.87. The summed E-state index contributed by atoms with van der Waals surface area (Å²) < 4.78 is 12.1. The van der Waals surface area contributed by atoms with Crippen LogP contribution in [-0.2, 0) is 6.42 Å². The highest BCUT2D eigenvalue weighted by Crippen LogP contribution is 2.25. The topological polar surface area (TPSA) is 132 Å². The maximum absolute atomic E-state index is 12.9. The fraction of sp³-hybridized carbons (Fsp3) is 0.0870. The minimum absolute atomic E-state index is 0.0879. The van der Waals surface area contributed by atoms with E-state index in [4.69, 9.17) is 8.94 Å². The van der Waals surface area contributed by atoms with Gasteiger partial charge in [0.2, 0.25) is 5.95 Å². The summed E-state index contributed by atoms with van der Waals surface area (Å²) >= 11 is 0. The summed E-state index contributed by atoms with van der Waals surface area (Å²) in [6, 6.07) is 17.4. The molecule has 0 aliphatic rings. The normalized spacial score (nSPS) is 10.9. The third-order valence-corrected chi connectivity index (χ3v) is 4.87. The van der Waals surface area contributed by atoms with Crippen LogP contribution in [0.15, 0.2) is 80.7 Å². The Hall–Kier alpha value is -4.73. The number of nitrogens with one attached hydrogen (secondary N) is 2. The number of H-pyrrole nitrogens is 1. The summed E-state index contributed by atoms with van der Waals surface area (Å²) in [4.78, 5) is 32.1. The number of hydrogen-bond acceptors (Lipinski definition) is 7. The van der Waals surface area contributed by atoms with Gasteiger partial charge in [-0.25, -0.2) is 4.98 Å². The van der Waals surface area contributed by atoms with Crippen molar-refractivity contribution in [1.82, 2.24) is 24.9 Å². The first-order chi connectivity index (χ1) is 16.1. The zero-order valence-electron chi connectivity index (χ0n) is 17.5. The number of rotatable bonds is 6. The summed E-state index contributed by atoms with van der Waals surface area (Å²) in [6.07, 6.45) is 2.08. The zero-order chi connectivity index (χ0) is 22.8. The van der Waals surface area contributed by atoms with Crippen molar-refractivity contribution in [2.45, 2.75) is 13.3 Å². The van der Waals surface area contributed by atoms with Gasteiger partial charge in [0, 0.05) is 29.5 Å². The summed E-state index contributed by atoms with van der Waals surface area (Å²) in [7, 11) is 0. The van der Waals surface area contributed by atoms with Crippen LogP contribution in [0.5, 0.6) is 0 Å². The van der Waals surface area contributed by atoms with Crippen molar-refractivity contribution in [3.8, 4) is 28.7 Å². The van der Waals surface area contributed by atoms with Crippen LogP contribution in [0.2, 0.25) is 0 Å². The Balaban J connectivity index is 1.51. The molecular weight excluding hydrogens is 424 g/mol. The molecule has 0 radical (unpaired) electrons. The van der Waals surface area contributed by atoms with Crippen molar-refractivity contribution in [3.05, 3.63) is 88.7 Å². The molecule has 5 rings (SSSR count). The van der Waals surface area contributed by atoms with E-state index in [2.05, 4.69) is 25.5 Å². The Labute approximate surface area is 186 Å². The molecule has 4 aromatic heterocycles. The molecule has 1 aromatic carbocycles. The van der Waals surface area contributed by atoms with Crippen molar-refractivity contribution in [2.24, 2.45) is 0 Å². The monoisotopic (exact) mass is 442 g/mol. The lowest BCUT2D eigenvalue weighted by Crippen LogP contribution is -2.19. The van der Waals surface area contributed by atoms with Gasteiger partial charge >= 0.3 is 0 Å². The molecule has 0 bridgehead atoms. The number of nitrogens with zero attached hydrogens (tertiary/aromatic N) is 4. The van der Waals surface area contributed by atoms with Gasteiger partial charge in [0.05, 0.1) is 6.26 Å². The number of carbonyl (C=O) groups excluding carboxylic acids is 1. The van der Waals surface area contributed by atoms with Gasteiger partial charge in [-0.05, 0) is 18.6 Å². The summed E-state index contributed by atoms with van der Waals surface area (Å²) in [5.74, 6) is 0.880. The van der Waals surface area contributed by atoms with Crippen molar-refractivity contribution in [3.63, 3.8) is 0 Å². The van der Waals surface area contributed by atoms with Gasteiger partial charge in [-0.3, -0.25) is 14.6 Å². The molecule has 1 amide bonds. The Morgan fingerprint density at radius 1 is 1.09 bits per heavy atom. The second-order valence-electron chi connectivity index (χ2n) is 7.11. The molecule has 10 heteroatoms. The quantitative estimate of drug-likeness (QED) is 0.410. The minimum atomic E-state index is -0.512. The molecule has 0 saturated carbocycles. The van der Waals surface area contributed by atoms with Gasteiger partial charge in [0.15, 0.2) is 17.2 Å². The van der Waals surface area contributed by atoms with E-state index < -0.39 is 5.91 Å². The maximum Gasteiger partial charge on any atom is 0.279 e. The van der Waals surface area contributed by atoms with Crippen LogP contribution in [0.4, 0.5) is 5.82 Å². The zero-order valence-corrected chi connectivity index (χ0v) is 17.5. The molecule has 10 nitrogen and oxygen atoms in total. The number of aromatic amines is 1. The van der Waals surface area contributed by atoms with E-state index in [1.165, 1.54) is 17.0 Å². The molecular formula is C23H18N6O4. The number of aryl methyl sites for hydroxylation is 1. The van der Waals surface area contributed by atoms with Crippen LogP contribution >= 0.6 is 0 Å². The highest BCUT2D eigenvalue weighted by atomic mass is 16.5. The van der Waals surface area contributed by atoms with Crippen LogP contribution in [0.3, 0.4) is 0 Å². The standard InChI is InChI=1S/C23H18N6O4/c1-2-15-11-21(30)26-23(24-15)29-20(13-16(27-29)18-9-6-10-32-18)25-22(31)17-12-19(33-28-17)14-7-4-3-5-8-14/h3-13H,2H2,1H3,(H,25,31)(H,24,26,30). The molecule has 0 saturated heterocycles. The van der Waals surface area contributed by atoms with E-state index in [0.29, 0.717) is 29.3 Å². The number of aromatic nitrogens is 5. The van der Waals surface area contributed by atoms with Gasteiger partial charge < -0.3 is 14.3 Å². The number of carbonyl (C=O) groups is 1. The van der Waals surface area contributed by atoms with Crippen LogP contribution in [0.25, 0.3) is 28.7 Å². The van der Waals surface area contributed by atoms with Crippen molar-refractivity contribution in [2.75, 3.05) is 5.32 Å². The summed E-state index contributed by atoms with van der Waals surface area (Å²) in [6.45, 7) is 1.89. The van der Waals surface area contributed by atoms with Crippen LogP contribution in [0.1, 0.15) is 23.1 Å². The third kappa shape index (κ3) is 4.09. The number of hydrogen-bond donors (Lipinski definition) is 2. The Morgan fingerprint density at radius 2 is 1.94 bits per heavy atom. The molecule has 33 heavy (non-hydrogen) atoms. The largest absolute Gasteiger partial charge is 0.463 e. The predicted octanol–water partition coefficient (Wildman–Crippen LogP) is 3.69. The van der Waals surface area contributed by atoms with Gasteiger partial charge in [0.25, 0.3) is 11.5 Å². The highest BCUT2D eigenvalue weighted by molar-refractivity contribution is 6.03. The van der Waals surface area contributed by atoms with Gasteiger partial charge in [-0.2, -0.15) is 9.78 Å². The molecule has 0 spiro atoms. The fourth-order valence-corrected chi connectivity index (χ4v) is 3.25. The second kappa shape index (κ2) is 8.42. The van der Waals surface area contributed by atoms with Crippen molar-refractivity contribution in [1.29, 1.82) is 0 Å². The summed E-state index contributed by atoms with van der Waals surface area (Å²) in [5.41, 5.74) is 1.60. The molecule has 0 aliphatic heterocycles. The number of amides is 1. The molecule has 5 aromatic rings. The minimum Gasteiger partial charge on any atom is -0.463 e. The van der Waals surface area contributed by atoms with E-state index in [-0.39, 0.29) is 23.0 Å². The molecule has 4 heterocycles. The molecule has 2 N–H and O–H groups in total. The molecule has 164 valence electrons. The Bertz CT molecular complexity index is 1460. The Morgan fingerprint density at radius 3 is 2.70 bits per heavy atom. The predicted molar refractivity (Wildman–Crippen MR) is 119 cm³/mol. The van der Waals surface area contributed by atoms with Crippen LogP contribution in [-0.4, -0.2) is 30.8 Å². The molecule has 0 unspecified atom stereocenters. The maximum atomic E-state index is 12.9. The average Bonchev–Trinajstić information content (AvgIpc) is 3.60. The number of benzene rings is 1. The molecule has 0 atom stereocenters. The van der Waals surface area contributed by atoms with E-state index in [1.807, 2.05) is 37.3 Å². The SMILES string of the molecule is CCc1cc(=O)[nH]c(-n2nc(-c3ccco3)cc2NC(=O)c2cc(-c3ccccc3)on2)n1. The first-order valence-corrected chi connectivity index (χ1v) is 10.2. The lowest BCUT2D eigenvalue weighted by atomic mass is 10.1. The van der Waals surface area contributed by atoms with E-state index in [1.54, 1.807) is 24.3 Å². The van der Waals surface area contributed by atoms with Crippen molar-refractivity contribution < 1.29 is 13.7 Å². The van der Waals surface area contributed by atoms with Crippen molar-refractivity contribution >= 4 is 11.7 Å². The fourth-order valence-electron chi connectivity index (χ4n) is 3.25. The van der Waals surface area contributed by atoms with E-state index >= 15 is 0 Å². The van der Waals surface area contributed by atoms with Gasteiger partial charge in [-0.15, -0.1) is 0 Å². The van der Waals surface area contributed by atoms with E-state index in [9.17, 15) is 9.59 Å². The first-order valence-electron chi connectivity index (χ1n) is 10.2. The van der Waals surface area contributed by atoms with Crippen LogP contribution in [0, 0.1) is 0 Å². The number of furan rings is 1. The number of anilines is 1. The van der Waals surface area contributed by atoms with E-state index in [0.717, 1.165) is 5.56 Å². The smallest absolute Gasteiger partial charge is 0.279 e. The molecule has 0 aliphatic carbocycles. The highest BCUT2D eigenvalue weighted by Gasteiger charge is 2.20.